The number of esters is 1. The molecule has 1 aromatic rings. The summed E-state index contributed by atoms with van der Waals surface area (Å²) in [6.45, 7) is 5.85. The van der Waals surface area contributed by atoms with E-state index in [-0.39, 0.29) is 5.97 Å². The highest BCUT2D eigenvalue weighted by Crippen LogP contribution is 2.27. The van der Waals surface area contributed by atoms with Crippen molar-refractivity contribution in [3.63, 3.8) is 0 Å². The molecule has 0 aliphatic carbocycles. The second kappa shape index (κ2) is 5.00. The molecular formula is C13H17BrO2. The average Bonchev–Trinajstić information content (AvgIpc) is 2.22. The number of aryl methyl sites for hydroxylation is 1. The van der Waals surface area contributed by atoms with Crippen molar-refractivity contribution in [1.29, 1.82) is 0 Å². The minimum Gasteiger partial charge on any atom is -0.469 e. The van der Waals surface area contributed by atoms with Gasteiger partial charge in [-0.25, -0.2) is 0 Å². The molecule has 0 N–H and O–H groups in total. The minimum atomic E-state index is -0.486. The lowest BCUT2D eigenvalue weighted by molar-refractivity contribution is -0.150. The zero-order valence-corrected chi connectivity index (χ0v) is 11.7. The van der Waals surface area contributed by atoms with Gasteiger partial charge in [0, 0.05) is 4.47 Å². The molecule has 0 aromatic heterocycles. The number of hydrogen-bond donors (Lipinski definition) is 0. The fourth-order valence-electron chi connectivity index (χ4n) is 1.66. The van der Waals surface area contributed by atoms with Gasteiger partial charge in [0.15, 0.2) is 0 Å². The van der Waals surface area contributed by atoms with E-state index >= 15 is 0 Å². The van der Waals surface area contributed by atoms with Crippen LogP contribution in [0.15, 0.2) is 22.7 Å². The first-order valence-corrected chi connectivity index (χ1v) is 5.99. The first-order valence-electron chi connectivity index (χ1n) is 5.20. The maximum Gasteiger partial charge on any atom is 0.311 e. The maximum absolute atomic E-state index is 11.6. The fourth-order valence-corrected chi connectivity index (χ4v) is 2.06. The van der Waals surface area contributed by atoms with E-state index in [0.29, 0.717) is 6.42 Å². The molecule has 0 bridgehead atoms. The number of carbonyl (C=O) groups excluding carboxylic acids is 1. The molecule has 0 unspecified atom stereocenters. The van der Waals surface area contributed by atoms with Crippen molar-refractivity contribution in [2.24, 2.45) is 5.41 Å². The van der Waals surface area contributed by atoms with E-state index in [1.807, 2.05) is 26.0 Å². The van der Waals surface area contributed by atoms with E-state index in [2.05, 4.69) is 28.9 Å². The van der Waals surface area contributed by atoms with Gasteiger partial charge in [0.2, 0.25) is 0 Å². The highest BCUT2D eigenvalue weighted by atomic mass is 79.9. The second-order valence-electron chi connectivity index (χ2n) is 4.62. The van der Waals surface area contributed by atoms with E-state index in [1.54, 1.807) is 0 Å². The molecule has 1 rings (SSSR count). The van der Waals surface area contributed by atoms with Gasteiger partial charge in [-0.1, -0.05) is 22.0 Å². The summed E-state index contributed by atoms with van der Waals surface area (Å²) in [5, 5.41) is 0. The maximum atomic E-state index is 11.6. The van der Waals surface area contributed by atoms with Crippen LogP contribution in [0.25, 0.3) is 0 Å². The van der Waals surface area contributed by atoms with Crippen LogP contribution in [-0.4, -0.2) is 13.1 Å². The Morgan fingerprint density at radius 3 is 2.62 bits per heavy atom. The van der Waals surface area contributed by atoms with Gasteiger partial charge >= 0.3 is 5.97 Å². The summed E-state index contributed by atoms with van der Waals surface area (Å²) in [7, 11) is 1.43. The molecule has 0 saturated carbocycles. The number of methoxy groups -OCH3 is 1. The minimum absolute atomic E-state index is 0.174. The van der Waals surface area contributed by atoms with Crippen LogP contribution in [0, 0.1) is 12.3 Å². The molecule has 0 amide bonds. The third kappa shape index (κ3) is 3.08. The zero-order valence-electron chi connectivity index (χ0n) is 10.1. The summed E-state index contributed by atoms with van der Waals surface area (Å²) in [4.78, 5) is 11.6. The van der Waals surface area contributed by atoms with Crippen molar-refractivity contribution in [2.75, 3.05) is 7.11 Å². The van der Waals surface area contributed by atoms with Crippen molar-refractivity contribution in [3.8, 4) is 0 Å². The van der Waals surface area contributed by atoms with Gasteiger partial charge < -0.3 is 4.74 Å². The number of benzene rings is 1. The molecule has 0 heterocycles. The smallest absolute Gasteiger partial charge is 0.311 e. The molecule has 88 valence electrons. The van der Waals surface area contributed by atoms with Crippen LogP contribution in [-0.2, 0) is 16.0 Å². The van der Waals surface area contributed by atoms with E-state index in [0.717, 1.165) is 4.47 Å². The van der Waals surface area contributed by atoms with Crippen molar-refractivity contribution < 1.29 is 9.53 Å². The first-order chi connectivity index (χ1) is 7.36. The molecular weight excluding hydrogens is 268 g/mol. The number of ether oxygens (including phenoxy) is 1. The summed E-state index contributed by atoms with van der Waals surface area (Å²) in [6, 6.07) is 6.11. The van der Waals surface area contributed by atoms with Gasteiger partial charge in [0.25, 0.3) is 0 Å². The highest BCUT2D eigenvalue weighted by molar-refractivity contribution is 9.10. The molecule has 0 spiro atoms. The van der Waals surface area contributed by atoms with Gasteiger partial charge in [0.1, 0.15) is 0 Å². The Hall–Kier alpha value is -0.830. The standard InChI is InChI=1S/C13H17BrO2/c1-9-5-6-11(14)7-10(9)8-13(2,3)12(15)16-4/h5-7H,8H2,1-4H3. The first kappa shape index (κ1) is 13.2. The SMILES string of the molecule is COC(=O)C(C)(C)Cc1cc(Br)ccc1C. The molecule has 16 heavy (non-hydrogen) atoms. The van der Waals surface area contributed by atoms with Crippen LogP contribution < -0.4 is 0 Å². The number of halogens is 1. The molecule has 0 radical (unpaired) electrons. The van der Waals surface area contributed by atoms with Crippen LogP contribution in [0.3, 0.4) is 0 Å². The Morgan fingerprint density at radius 1 is 1.44 bits per heavy atom. The molecule has 0 aliphatic rings. The normalized spacial score (nSPS) is 11.3. The van der Waals surface area contributed by atoms with E-state index < -0.39 is 5.41 Å². The molecule has 2 nitrogen and oxygen atoms in total. The van der Waals surface area contributed by atoms with Gasteiger partial charge in [-0.3, -0.25) is 4.79 Å². The number of rotatable bonds is 3. The molecule has 3 heteroatoms. The molecule has 0 atom stereocenters. The van der Waals surface area contributed by atoms with E-state index in [1.165, 1.54) is 18.2 Å². The van der Waals surface area contributed by atoms with Crippen LogP contribution in [0.2, 0.25) is 0 Å². The predicted octanol–water partition coefficient (Wildman–Crippen LogP) is 3.50. The Labute approximate surface area is 105 Å². The lowest BCUT2D eigenvalue weighted by Crippen LogP contribution is -2.28. The summed E-state index contributed by atoms with van der Waals surface area (Å²) in [6.07, 6.45) is 0.685. The molecule has 0 saturated heterocycles. The summed E-state index contributed by atoms with van der Waals surface area (Å²) in [5.74, 6) is -0.174. The lowest BCUT2D eigenvalue weighted by atomic mass is 9.84. The average molecular weight is 285 g/mol. The van der Waals surface area contributed by atoms with Crippen LogP contribution in [0.5, 0.6) is 0 Å². The topological polar surface area (TPSA) is 26.3 Å². The summed E-state index contributed by atoms with van der Waals surface area (Å²) >= 11 is 3.44. The van der Waals surface area contributed by atoms with Crippen molar-refractivity contribution in [2.45, 2.75) is 27.2 Å². The summed E-state index contributed by atoms with van der Waals surface area (Å²) < 4.78 is 5.84. The Bertz CT molecular complexity index is 397. The third-order valence-electron chi connectivity index (χ3n) is 2.68. The monoisotopic (exact) mass is 284 g/mol. The highest BCUT2D eigenvalue weighted by Gasteiger charge is 2.29. The quantitative estimate of drug-likeness (QED) is 0.794. The van der Waals surface area contributed by atoms with Gasteiger partial charge in [0.05, 0.1) is 12.5 Å². The van der Waals surface area contributed by atoms with E-state index in [4.69, 9.17) is 4.74 Å². The molecule has 0 fully saturated rings. The Morgan fingerprint density at radius 2 is 2.06 bits per heavy atom. The Kier molecular flexibility index (Phi) is 4.14. The van der Waals surface area contributed by atoms with Crippen LogP contribution >= 0.6 is 15.9 Å². The van der Waals surface area contributed by atoms with Gasteiger partial charge in [-0.15, -0.1) is 0 Å². The lowest BCUT2D eigenvalue weighted by Gasteiger charge is -2.22. The molecule has 0 aliphatic heterocycles. The van der Waals surface area contributed by atoms with Crippen molar-refractivity contribution in [3.05, 3.63) is 33.8 Å². The zero-order chi connectivity index (χ0) is 12.3. The predicted molar refractivity (Wildman–Crippen MR) is 68.4 cm³/mol. The number of carbonyl (C=O) groups is 1. The van der Waals surface area contributed by atoms with Gasteiger partial charge in [-0.2, -0.15) is 0 Å². The Balaban J connectivity index is 2.95. The van der Waals surface area contributed by atoms with Crippen molar-refractivity contribution in [1.82, 2.24) is 0 Å². The van der Waals surface area contributed by atoms with Crippen LogP contribution in [0.1, 0.15) is 25.0 Å². The fraction of sp³-hybridized carbons (Fsp3) is 0.462. The number of hydrogen-bond acceptors (Lipinski definition) is 2. The largest absolute Gasteiger partial charge is 0.469 e. The third-order valence-corrected chi connectivity index (χ3v) is 3.17. The van der Waals surface area contributed by atoms with Crippen molar-refractivity contribution >= 4 is 21.9 Å². The summed E-state index contributed by atoms with van der Waals surface area (Å²) in [5.41, 5.74) is 1.88. The van der Waals surface area contributed by atoms with Crippen LogP contribution in [0.4, 0.5) is 0 Å². The van der Waals surface area contributed by atoms with E-state index in [9.17, 15) is 4.79 Å². The van der Waals surface area contributed by atoms with Gasteiger partial charge in [-0.05, 0) is 50.5 Å². The molecule has 1 aromatic carbocycles. The second-order valence-corrected chi connectivity index (χ2v) is 5.54.